The van der Waals surface area contributed by atoms with E-state index < -0.39 is 9.84 Å². The summed E-state index contributed by atoms with van der Waals surface area (Å²) in [7, 11) is -2.81. The van der Waals surface area contributed by atoms with Crippen molar-refractivity contribution >= 4 is 25.8 Å². The summed E-state index contributed by atoms with van der Waals surface area (Å²) in [4.78, 5) is 0.417. The maximum Gasteiger partial charge on any atom is 0.152 e. The largest absolute Gasteiger partial charge is 0.229 e. The van der Waals surface area contributed by atoms with E-state index in [0.717, 1.165) is 12.8 Å². The van der Waals surface area contributed by atoms with Gasteiger partial charge in [0.15, 0.2) is 9.84 Å². The van der Waals surface area contributed by atoms with Crippen molar-refractivity contribution < 1.29 is 8.42 Å². The first kappa shape index (κ1) is 12.4. The maximum atomic E-state index is 11.3. The van der Waals surface area contributed by atoms with Crippen molar-refractivity contribution in [1.82, 2.24) is 0 Å². The lowest BCUT2D eigenvalue weighted by Crippen LogP contribution is -2.18. The smallest absolute Gasteiger partial charge is 0.152 e. The lowest BCUT2D eigenvalue weighted by molar-refractivity contribution is 0.583. The molecule has 0 aromatic rings. The molecular formula is C8H17BrO2S. The van der Waals surface area contributed by atoms with Crippen molar-refractivity contribution in [1.29, 1.82) is 0 Å². The van der Waals surface area contributed by atoms with Crippen LogP contribution in [0.1, 0.15) is 33.6 Å². The molecule has 0 radical (unpaired) electrons. The van der Waals surface area contributed by atoms with Crippen molar-refractivity contribution in [2.45, 2.75) is 43.7 Å². The minimum atomic E-state index is -2.81. The molecule has 0 rings (SSSR count). The first-order valence-corrected chi connectivity index (χ1v) is 6.85. The van der Waals surface area contributed by atoms with Crippen molar-refractivity contribution in [3.63, 3.8) is 0 Å². The minimum absolute atomic E-state index is 0.233. The SMILES string of the molecule is CC(Br)CCCS(=O)(=O)C(C)C. The maximum absolute atomic E-state index is 11.3. The summed E-state index contributed by atoms with van der Waals surface area (Å²) < 4.78 is 22.6. The molecular weight excluding hydrogens is 240 g/mol. The summed E-state index contributed by atoms with van der Waals surface area (Å²) in [5.41, 5.74) is 0. The van der Waals surface area contributed by atoms with Crippen LogP contribution in [0.4, 0.5) is 0 Å². The zero-order valence-electron chi connectivity index (χ0n) is 7.88. The zero-order valence-corrected chi connectivity index (χ0v) is 10.3. The highest BCUT2D eigenvalue weighted by Crippen LogP contribution is 2.10. The van der Waals surface area contributed by atoms with E-state index in [-0.39, 0.29) is 5.25 Å². The van der Waals surface area contributed by atoms with Gasteiger partial charge in [-0.05, 0) is 26.7 Å². The molecule has 0 bridgehead atoms. The molecule has 74 valence electrons. The first-order chi connectivity index (χ1) is 5.36. The van der Waals surface area contributed by atoms with Gasteiger partial charge in [0, 0.05) is 4.83 Å². The van der Waals surface area contributed by atoms with Gasteiger partial charge < -0.3 is 0 Å². The van der Waals surface area contributed by atoms with Gasteiger partial charge in [0.2, 0.25) is 0 Å². The fourth-order valence-electron chi connectivity index (χ4n) is 0.801. The quantitative estimate of drug-likeness (QED) is 0.708. The first-order valence-electron chi connectivity index (χ1n) is 4.22. The Kier molecular flexibility index (Phi) is 5.41. The Hall–Kier alpha value is 0.430. The van der Waals surface area contributed by atoms with Gasteiger partial charge in [-0.1, -0.05) is 22.9 Å². The second-order valence-electron chi connectivity index (χ2n) is 3.34. The number of halogens is 1. The molecule has 4 heteroatoms. The van der Waals surface area contributed by atoms with Crippen molar-refractivity contribution in [2.75, 3.05) is 5.75 Å². The lowest BCUT2D eigenvalue weighted by atomic mass is 10.3. The third-order valence-electron chi connectivity index (χ3n) is 1.75. The molecule has 0 spiro atoms. The standard InChI is InChI=1S/C8H17BrO2S/c1-7(2)12(10,11)6-4-5-8(3)9/h7-8H,4-6H2,1-3H3. The van der Waals surface area contributed by atoms with Crippen LogP contribution in [0.15, 0.2) is 0 Å². The van der Waals surface area contributed by atoms with Crippen molar-refractivity contribution in [2.24, 2.45) is 0 Å². The van der Waals surface area contributed by atoms with Gasteiger partial charge in [-0.2, -0.15) is 0 Å². The minimum Gasteiger partial charge on any atom is -0.229 e. The van der Waals surface area contributed by atoms with E-state index in [9.17, 15) is 8.42 Å². The molecule has 0 aromatic carbocycles. The Balaban J connectivity index is 3.79. The van der Waals surface area contributed by atoms with Crippen LogP contribution in [0, 0.1) is 0 Å². The highest BCUT2D eigenvalue weighted by molar-refractivity contribution is 9.09. The van der Waals surface area contributed by atoms with E-state index in [4.69, 9.17) is 0 Å². The van der Waals surface area contributed by atoms with Crippen LogP contribution in [0.2, 0.25) is 0 Å². The number of hydrogen-bond donors (Lipinski definition) is 0. The Labute approximate surface area is 83.8 Å². The summed E-state index contributed by atoms with van der Waals surface area (Å²) in [6, 6.07) is 0. The number of alkyl halides is 1. The Morgan fingerprint density at radius 3 is 2.08 bits per heavy atom. The molecule has 0 aromatic heterocycles. The van der Waals surface area contributed by atoms with E-state index in [1.54, 1.807) is 13.8 Å². The van der Waals surface area contributed by atoms with Crippen molar-refractivity contribution in [3.05, 3.63) is 0 Å². The van der Waals surface area contributed by atoms with Gasteiger partial charge in [0.1, 0.15) is 0 Å². The van der Waals surface area contributed by atoms with Gasteiger partial charge in [0.25, 0.3) is 0 Å². The van der Waals surface area contributed by atoms with Crippen LogP contribution in [-0.2, 0) is 9.84 Å². The Morgan fingerprint density at radius 2 is 1.75 bits per heavy atom. The molecule has 0 fully saturated rings. The average Bonchev–Trinajstić information content (AvgIpc) is 1.85. The molecule has 0 aliphatic rings. The van der Waals surface area contributed by atoms with Crippen LogP contribution in [0.3, 0.4) is 0 Å². The summed E-state index contributed by atoms with van der Waals surface area (Å²) >= 11 is 3.38. The number of sulfone groups is 1. The van der Waals surface area contributed by atoms with Crippen LogP contribution in [0.5, 0.6) is 0 Å². The molecule has 0 heterocycles. The molecule has 0 saturated carbocycles. The van der Waals surface area contributed by atoms with Gasteiger partial charge in [-0.15, -0.1) is 0 Å². The second kappa shape index (κ2) is 5.22. The molecule has 0 N–H and O–H groups in total. The highest BCUT2D eigenvalue weighted by atomic mass is 79.9. The highest BCUT2D eigenvalue weighted by Gasteiger charge is 2.15. The van der Waals surface area contributed by atoms with Gasteiger partial charge in [-0.25, -0.2) is 8.42 Å². The van der Waals surface area contributed by atoms with E-state index in [2.05, 4.69) is 15.9 Å². The molecule has 0 saturated heterocycles. The predicted octanol–water partition coefficient (Wildman–Crippen LogP) is 2.37. The molecule has 1 unspecified atom stereocenters. The summed E-state index contributed by atoms with van der Waals surface area (Å²) in [5, 5.41) is -0.233. The van der Waals surface area contributed by atoms with Gasteiger partial charge >= 0.3 is 0 Å². The monoisotopic (exact) mass is 256 g/mol. The third kappa shape index (κ3) is 5.14. The fraction of sp³-hybridized carbons (Fsp3) is 1.00. The molecule has 2 nitrogen and oxygen atoms in total. The third-order valence-corrected chi connectivity index (χ3v) is 4.50. The number of hydrogen-bond acceptors (Lipinski definition) is 2. The molecule has 0 aliphatic carbocycles. The van der Waals surface area contributed by atoms with Crippen molar-refractivity contribution in [3.8, 4) is 0 Å². The second-order valence-corrected chi connectivity index (χ2v) is 7.58. The molecule has 1 atom stereocenters. The van der Waals surface area contributed by atoms with E-state index in [1.807, 2.05) is 6.92 Å². The molecule has 12 heavy (non-hydrogen) atoms. The average molecular weight is 257 g/mol. The Bertz CT molecular complexity index is 207. The zero-order chi connectivity index (χ0) is 9.78. The van der Waals surface area contributed by atoms with Crippen LogP contribution >= 0.6 is 15.9 Å². The lowest BCUT2D eigenvalue weighted by Gasteiger charge is -2.07. The summed E-state index contributed by atoms with van der Waals surface area (Å²) in [5.74, 6) is 0.320. The van der Waals surface area contributed by atoms with Gasteiger partial charge in [0.05, 0.1) is 11.0 Å². The van der Waals surface area contributed by atoms with Gasteiger partial charge in [-0.3, -0.25) is 0 Å². The van der Waals surface area contributed by atoms with Crippen LogP contribution < -0.4 is 0 Å². The summed E-state index contributed by atoms with van der Waals surface area (Å²) in [6.45, 7) is 5.49. The normalized spacial score (nSPS) is 15.1. The van der Waals surface area contributed by atoms with E-state index >= 15 is 0 Å². The van der Waals surface area contributed by atoms with E-state index in [1.165, 1.54) is 0 Å². The fourth-order valence-corrected chi connectivity index (χ4v) is 2.17. The van der Waals surface area contributed by atoms with E-state index in [0.29, 0.717) is 10.6 Å². The Morgan fingerprint density at radius 1 is 1.25 bits per heavy atom. The molecule has 0 aliphatic heterocycles. The molecule has 0 amide bonds. The van der Waals surface area contributed by atoms with Crippen LogP contribution in [-0.4, -0.2) is 24.2 Å². The topological polar surface area (TPSA) is 34.1 Å². The van der Waals surface area contributed by atoms with Crippen LogP contribution in [0.25, 0.3) is 0 Å². The summed E-state index contributed by atoms with van der Waals surface area (Å²) in [6.07, 6.45) is 1.68. The number of rotatable bonds is 5. The predicted molar refractivity (Wildman–Crippen MR) is 56.5 cm³/mol.